The van der Waals surface area contributed by atoms with E-state index in [1.807, 2.05) is 0 Å². The molecule has 3 amide bonds. The van der Waals surface area contributed by atoms with Crippen molar-refractivity contribution in [2.45, 2.75) is 6.92 Å². The van der Waals surface area contributed by atoms with Crippen molar-refractivity contribution in [1.29, 1.82) is 0 Å². The molecule has 0 aliphatic heterocycles. The van der Waals surface area contributed by atoms with E-state index >= 15 is 0 Å². The van der Waals surface area contributed by atoms with Crippen LogP contribution in [0.4, 0.5) is 26.4 Å². The maximum Gasteiger partial charge on any atom is 0.323 e. The molecule has 1 aromatic heterocycles. The molecule has 138 valence electrons. The minimum absolute atomic E-state index is 0.0169. The van der Waals surface area contributed by atoms with Crippen LogP contribution in [-0.2, 0) is 0 Å². The fourth-order valence-corrected chi connectivity index (χ4v) is 2.48. The molecule has 0 saturated heterocycles. The Hall–Kier alpha value is -3.88. The first-order valence-corrected chi connectivity index (χ1v) is 7.92. The number of primary amides is 1. The van der Waals surface area contributed by atoms with Gasteiger partial charge in [0.1, 0.15) is 18.0 Å². The fourth-order valence-electron chi connectivity index (χ4n) is 2.48. The van der Waals surface area contributed by atoms with Crippen molar-refractivity contribution in [2.24, 2.45) is 5.73 Å². The van der Waals surface area contributed by atoms with Gasteiger partial charge in [-0.3, -0.25) is 9.36 Å². The Balaban J connectivity index is 1.71. The van der Waals surface area contributed by atoms with Crippen molar-refractivity contribution >= 4 is 29.1 Å². The second-order valence-corrected chi connectivity index (χ2v) is 5.82. The van der Waals surface area contributed by atoms with Gasteiger partial charge in [0, 0.05) is 11.4 Å². The zero-order valence-electron chi connectivity index (χ0n) is 14.4. The minimum atomic E-state index is -0.718. The molecule has 0 bridgehead atoms. The molecule has 9 heteroatoms. The Morgan fingerprint density at radius 3 is 2.44 bits per heavy atom. The molecule has 0 saturated carbocycles. The molecule has 0 aliphatic carbocycles. The lowest BCUT2D eigenvalue weighted by molar-refractivity contribution is 0.0997. The largest absolute Gasteiger partial charge is 0.383 e. The highest BCUT2D eigenvalue weighted by molar-refractivity contribution is 6.00. The topological polar surface area (TPSA) is 128 Å². The van der Waals surface area contributed by atoms with Crippen LogP contribution >= 0.6 is 0 Å². The van der Waals surface area contributed by atoms with Gasteiger partial charge in [-0.05, 0) is 48.9 Å². The van der Waals surface area contributed by atoms with Gasteiger partial charge in [0.2, 0.25) is 0 Å². The van der Waals surface area contributed by atoms with E-state index in [9.17, 15) is 14.0 Å². The van der Waals surface area contributed by atoms with Gasteiger partial charge in [-0.2, -0.15) is 0 Å². The number of benzene rings is 2. The second-order valence-electron chi connectivity index (χ2n) is 5.82. The number of carbonyl (C=O) groups excluding carboxylic acids is 2. The normalized spacial score (nSPS) is 10.4. The van der Waals surface area contributed by atoms with E-state index in [4.69, 9.17) is 11.5 Å². The number of hydrogen-bond donors (Lipinski definition) is 4. The lowest BCUT2D eigenvalue weighted by Crippen LogP contribution is -2.20. The van der Waals surface area contributed by atoms with Gasteiger partial charge in [-0.1, -0.05) is 6.07 Å². The number of halogens is 1. The molecular formula is C18H17FN6O2. The lowest BCUT2D eigenvalue weighted by atomic mass is 10.2. The fraction of sp³-hybridized carbons (Fsp3) is 0.0556. The predicted molar refractivity (Wildman–Crippen MR) is 100 cm³/mol. The molecule has 27 heavy (non-hydrogen) atoms. The number of rotatable bonds is 4. The van der Waals surface area contributed by atoms with Gasteiger partial charge >= 0.3 is 6.03 Å². The molecule has 2 aromatic carbocycles. The number of aryl methyl sites for hydroxylation is 1. The third kappa shape index (κ3) is 3.87. The van der Waals surface area contributed by atoms with Crippen LogP contribution in [0.5, 0.6) is 0 Å². The lowest BCUT2D eigenvalue weighted by Gasteiger charge is -2.10. The highest BCUT2D eigenvalue weighted by atomic mass is 19.1. The number of urea groups is 1. The second kappa shape index (κ2) is 7.16. The summed E-state index contributed by atoms with van der Waals surface area (Å²) in [6.45, 7) is 1.80. The SMILES string of the molecule is Cc1ccc(F)c(NC(=O)Nc2ccc(-n3cnc(C(N)=O)c3N)cc2)c1. The Kier molecular flexibility index (Phi) is 4.75. The van der Waals surface area contributed by atoms with E-state index < -0.39 is 17.8 Å². The van der Waals surface area contributed by atoms with Crippen molar-refractivity contribution in [1.82, 2.24) is 9.55 Å². The van der Waals surface area contributed by atoms with Crippen molar-refractivity contribution < 1.29 is 14.0 Å². The highest BCUT2D eigenvalue weighted by Crippen LogP contribution is 2.20. The third-order valence-electron chi connectivity index (χ3n) is 3.81. The molecular weight excluding hydrogens is 351 g/mol. The van der Waals surface area contributed by atoms with E-state index in [1.54, 1.807) is 37.3 Å². The van der Waals surface area contributed by atoms with Gasteiger partial charge in [0.25, 0.3) is 5.91 Å². The van der Waals surface area contributed by atoms with Crippen LogP contribution in [0, 0.1) is 12.7 Å². The zero-order chi connectivity index (χ0) is 19.6. The van der Waals surface area contributed by atoms with E-state index in [0.717, 1.165) is 5.56 Å². The number of nitrogens with one attached hydrogen (secondary N) is 2. The number of hydrogen-bond acceptors (Lipinski definition) is 4. The number of amides is 3. The number of anilines is 3. The Morgan fingerprint density at radius 2 is 1.81 bits per heavy atom. The summed E-state index contributed by atoms with van der Waals surface area (Å²) in [6, 6.07) is 10.5. The van der Waals surface area contributed by atoms with Crippen LogP contribution < -0.4 is 22.1 Å². The van der Waals surface area contributed by atoms with Gasteiger partial charge in [0.05, 0.1) is 5.69 Å². The van der Waals surface area contributed by atoms with Crippen molar-refractivity contribution in [2.75, 3.05) is 16.4 Å². The number of imidazole rings is 1. The molecule has 6 N–H and O–H groups in total. The first-order chi connectivity index (χ1) is 12.8. The first-order valence-electron chi connectivity index (χ1n) is 7.92. The van der Waals surface area contributed by atoms with Gasteiger partial charge in [-0.25, -0.2) is 14.2 Å². The summed E-state index contributed by atoms with van der Waals surface area (Å²) in [6.07, 6.45) is 1.38. The molecule has 1 heterocycles. The van der Waals surface area contributed by atoms with Crippen LogP contribution in [0.15, 0.2) is 48.8 Å². The molecule has 0 spiro atoms. The van der Waals surface area contributed by atoms with Crippen LogP contribution in [0.3, 0.4) is 0 Å². The van der Waals surface area contributed by atoms with Gasteiger partial charge < -0.3 is 22.1 Å². The summed E-state index contributed by atoms with van der Waals surface area (Å²) < 4.78 is 15.2. The van der Waals surface area contributed by atoms with E-state index in [2.05, 4.69) is 15.6 Å². The average Bonchev–Trinajstić information content (AvgIpc) is 3.00. The average molecular weight is 368 g/mol. The molecule has 3 aromatic rings. The molecule has 0 fully saturated rings. The van der Waals surface area contributed by atoms with Gasteiger partial charge in [-0.15, -0.1) is 0 Å². The molecule has 0 radical (unpaired) electrons. The summed E-state index contributed by atoms with van der Waals surface area (Å²) in [5.41, 5.74) is 13.1. The van der Waals surface area contributed by atoms with Crippen LogP contribution in [0.25, 0.3) is 5.69 Å². The van der Waals surface area contributed by atoms with E-state index in [1.165, 1.54) is 23.0 Å². The highest BCUT2D eigenvalue weighted by Gasteiger charge is 2.14. The summed E-state index contributed by atoms with van der Waals surface area (Å²) >= 11 is 0. The standard InChI is InChI=1S/C18H17FN6O2/c1-10-2-7-13(19)14(8-10)24-18(27)23-11-3-5-12(6-4-11)25-9-22-15(16(25)20)17(21)26/h2-9H,20H2,1H3,(H2,21,26)(H2,23,24,27). The molecule has 0 atom stereocenters. The van der Waals surface area contributed by atoms with Crippen LogP contribution in [-0.4, -0.2) is 21.5 Å². The summed E-state index contributed by atoms with van der Waals surface area (Å²) in [5.74, 6) is -1.12. The number of carbonyl (C=O) groups is 2. The number of nitrogens with zero attached hydrogens (tertiary/aromatic N) is 2. The summed E-state index contributed by atoms with van der Waals surface area (Å²) in [7, 11) is 0. The van der Waals surface area contributed by atoms with Crippen LogP contribution in [0.1, 0.15) is 16.1 Å². The van der Waals surface area contributed by atoms with Crippen molar-refractivity contribution in [3.63, 3.8) is 0 Å². The van der Waals surface area contributed by atoms with E-state index in [0.29, 0.717) is 11.4 Å². The third-order valence-corrected chi connectivity index (χ3v) is 3.81. The minimum Gasteiger partial charge on any atom is -0.383 e. The quantitative estimate of drug-likeness (QED) is 0.564. The van der Waals surface area contributed by atoms with Crippen LogP contribution in [0.2, 0.25) is 0 Å². The Bertz CT molecular complexity index is 1010. The maximum atomic E-state index is 13.7. The predicted octanol–water partition coefficient (Wildman–Crippen LogP) is 2.64. The number of aromatic nitrogens is 2. The number of nitrogens with two attached hydrogens (primary N) is 2. The summed E-state index contributed by atoms with van der Waals surface area (Å²) in [5, 5.41) is 5.07. The molecule has 0 aliphatic rings. The first kappa shape index (κ1) is 17.9. The smallest absolute Gasteiger partial charge is 0.323 e. The summed E-state index contributed by atoms with van der Waals surface area (Å²) in [4.78, 5) is 27.2. The van der Waals surface area contributed by atoms with E-state index in [-0.39, 0.29) is 17.2 Å². The molecule has 0 unspecified atom stereocenters. The van der Waals surface area contributed by atoms with Crippen molar-refractivity contribution in [3.8, 4) is 5.69 Å². The zero-order valence-corrected chi connectivity index (χ0v) is 14.4. The maximum absolute atomic E-state index is 13.7. The Labute approximate surface area is 154 Å². The Morgan fingerprint density at radius 1 is 1.11 bits per heavy atom. The van der Waals surface area contributed by atoms with Crippen molar-refractivity contribution in [3.05, 3.63) is 65.9 Å². The number of nitrogen functional groups attached to an aromatic ring is 1. The van der Waals surface area contributed by atoms with Gasteiger partial charge in [0.15, 0.2) is 5.69 Å². The monoisotopic (exact) mass is 368 g/mol. The molecule has 8 nitrogen and oxygen atoms in total. The molecule has 3 rings (SSSR count).